The summed E-state index contributed by atoms with van der Waals surface area (Å²) in [5, 5.41) is 2.83. The molecule has 0 saturated heterocycles. The van der Waals surface area contributed by atoms with Gasteiger partial charge in [0.05, 0.1) is 11.9 Å². The Morgan fingerprint density at radius 3 is 2.30 bits per heavy atom. The Morgan fingerprint density at radius 2 is 1.70 bits per heavy atom. The van der Waals surface area contributed by atoms with E-state index in [-0.39, 0.29) is 12.5 Å². The third-order valence-corrected chi connectivity index (χ3v) is 6.85. The fourth-order valence-corrected chi connectivity index (χ4v) is 4.47. The average molecular weight is 474 g/mol. The molecule has 0 aliphatic carbocycles. The van der Waals surface area contributed by atoms with E-state index in [4.69, 9.17) is 0 Å². The number of aryl methyl sites for hydroxylation is 1. The molecule has 0 spiro atoms. The third-order valence-electron chi connectivity index (χ3n) is 5.72. The Kier molecular flexibility index (Phi) is 9.46. The number of nitrogens with zero attached hydrogens (tertiary/aromatic N) is 2. The first-order valence-corrected chi connectivity index (χ1v) is 13.1. The van der Waals surface area contributed by atoms with E-state index in [0.717, 1.165) is 33.7 Å². The topological polar surface area (TPSA) is 86.8 Å². The first-order chi connectivity index (χ1) is 15.6. The highest BCUT2D eigenvalue weighted by Gasteiger charge is 2.30. The van der Waals surface area contributed by atoms with Crippen LogP contribution in [-0.2, 0) is 26.0 Å². The lowest BCUT2D eigenvalue weighted by Crippen LogP contribution is -2.52. The van der Waals surface area contributed by atoms with E-state index >= 15 is 0 Å². The molecule has 0 saturated carbocycles. The lowest BCUT2D eigenvalue weighted by Gasteiger charge is -2.32. The molecule has 33 heavy (non-hydrogen) atoms. The summed E-state index contributed by atoms with van der Waals surface area (Å²) in [6.07, 6.45) is 2.43. The van der Waals surface area contributed by atoms with Crippen LogP contribution in [0.3, 0.4) is 0 Å². The highest BCUT2D eigenvalue weighted by molar-refractivity contribution is 7.92. The van der Waals surface area contributed by atoms with E-state index in [9.17, 15) is 18.0 Å². The van der Waals surface area contributed by atoms with Crippen LogP contribution in [0.4, 0.5) is 5.69 Å². The number of amides is 2. The van der Waals surface area contributed by atoms with Crippen LogP contribution in [0.5, 0.6) is 0 Å². The zero-order chi connectivity index (χ0) is 24.6. The van der Waals surface area contributed by atoms with Crippen LogP contribution in [-0.4, -0.2) is 57.1 Å². The van der Waals surface area contributed by atoms with Crippen molar-refractivity contribution in [1.29, 1.82) is 0 Å². The molecule has 2 aromatic carbocycles. The van der Waals surface area contributed by atoms with Crippen molar-refractivity contribution in [2.75, 3.05) is 30.2 Å². The predicted molar refractivity (Wildman–Crippen MR) is 133 cm³/mol. The minimum atomic E-state index is -3.73. The smallest absolute Gasteiger partial charge is 0.244 e. The van der Waals surface area contributed by atoms with Crippen LogP contribution in [0.2, 0.25) is 0 Å². The molecule has 0 radical (unpaired) electrons. The number of anilines is 1. The Labute approximate surface area is 197 Å². The highest BCUT2D eigenvalue weighted by Crippen LogP contribution is 2.25. The molecule has 0 bridgehead atoms. The Balaban J connectivity index is 2.33. The SMILES string of the molecule is CCCNC(=O)[C@H](C)N(CCc1ccccc1)C(=O)CN(c1cccc(C)c1C)S(C)(=O)=O. The molecule has 0 aromatic heterocycles. The van der Waals surface area contributed by atoms with Crippen molar-refractivity contribution >= 4 is 27.5 Å². The molecule has 0 unspecified atom stereocenters. The number of carbonyl (C=O) groups is 2. The quantitative estimate of drug-likeness (QED) is 0.543. The Hall–Kier alpha value is -2.87. The van der Waals surface area contributed by atoms with Crippen molar-refractivity contribution in [3.05, 3.63) is 65.2 Å². The third kappa shape index (κ3) is 7.32. The molecule has 0 aliphatic heterocycles. The van der Waals surface area contributed by atoms with Gasteiger partial charge in [-0.1, -0.05) is 49.4 Å². The molecule has 2 rings (SSSR count). The van der Waals surface area contributed by atoms with Crippen LogP contribution in [0.1, 0.15) is 37.0 Å². The molecule has 2 amide bonds. The van der Waals surface area contributed by atoms with Gasteiger partial charge in [-0.15, -0.1) is 0 Å². The first kappa shape index (κ1) is 26.4. The van der Waals surface area contributed by atoms with Crippen LogP contribution >= 0.6 is 0 Å². The van der Waals surface area contributed by atoms with Crippen LogP contribution < -0.4 is 9.62 Å². The number of benzene rings is 2. The van der Waals surface area contributed by atoms with Crippen molar-refractivity contribution in [3.63, 3.8) is 0 Å². The molecule has 2 aromatic rings. The largest absolute Gasteiger partial charge is 0.354 e. The summed E-state index contributed by atoms with van der Waals surface area (Å²) in [7, 11) is -3.73. The summed E-state index contributed by atoms with van der Waals surface area (Å²) in [6.45, 7) is 7.81. The number of rotatable bonds is 11. The van der Waals surface area contributed by atoms with Crippen molar-refractivity contribution in [3.8, 4) is 0 Å². The Morgan fingerprint density at radius 1 is 1.03 bits per heavy atom. The minimum absolute atomic E-state index is 0.254. The van der Waals surface area contributed by atoms with E-state index < -0.39 is 22.0 Å². The van der Waals surface area contributed by atoms with Gasteiger partial charge in [0.1, 0.15) is 12.6 Å². The van der Waals surface area contributed by atoms with Crippen molar-refractivity contribution in [2.45, 2.75) is 46.6 Å². The van der Waals surface area contributed by atoms with Gasteiger partial charge >= 0.3 is 0 Å². The molecule has 7 nitrogen and oxygen atoms in total. The number of nitrogens with one attached hydrogen (secondary N) is 1. The molecule has 0 fully saturated rings. The van der Waals surface area contributed by atoms with E-state index in [2.05, 4.69) is 5.32 Å². The molecule has 1 atom stereocenters. The van der Waals surface area contributed by atoms with Gasteiger partial charge in [0.15, 0.2) is 0 Å². The summed E-state index contributed by atoms with van der Waals surface area (Å²) in [6, 6.07) is 14.3. The highest BCUT2D eigenvalue weighted by atomic mass is 32.2. The monoisotopic (exact) mass is 473 g/mol. The average Bonchev–Trinajstić information content (AvgIpc) is 2.77. The summed E-state index contributed by atoms with van der Waals surface area (Å²) in [4.78, 5) is 27.6. The van der Waals surface area contributed by atoms with Crippen molar-refractivity contribution < 1.29 is 18.0 Å². The molecular weight excluding hydrogens is 438 g/mol. The van der Waals surface area contributed by atoms with Gasteiger partial charge in [0, 0.05) is 13.1 Å². The van der Waals surface area contributed by atoms with Gasteiger partial charge < -0.3 is 10.2 Å². The van der Waals surface area contributed by atoms with E-state index in [1.807, 2.05) is 57.2 Å². The Bertz CT molecular complexity index is 1050. The predicted octanol–water partition coefficient (Wildman–Crippen LogP) is 3.06. The van der Waals surface area contributed by atoms with Gasteiger partial charge in [0.2, 0.25) is 21.8 Å². The second kappa shape index (κ2) is 11.8. The lowest BCUT2D eigenvalue weighted by atomic mass is 10.1. The summed E-state index contributed by atoms with van der Waals surface area (Å²) < 4.78 is 26.4. The summed E-state index contributed by atoms with van der Waals surface area (Å²) >= 11 is 0. The van der Waals surface area contributed by atoms with E-state index in [1.54, 1.807) is 19.1 Å². The van der Waals surface area contributed by atoms with Gasteiger partial charge in [-0.3, -0.25) is 13.9 Å². The zero-order valence-electron chi connectivity index (χ0n) is 20.2. The number of sulfonamides is 1. The van der Waals surface area contributed by atoms with Gasteiger partial charge in [-0.25, -0.2) is 8.42 Å². The summed E-state index contributed by atoms with van der Waals surface area (Å²) in [5.41, 5.74) is 3.23. The molecule has 180 valence electrons. The maximum atomic E-state index is 13.5. The normalized spacial score (nSPS) is 12.2. The van der Waals surface area contributed by atoms with Crippen LogP contribution in [0, 0.1) is 13.8 Å². The van der Waals surface area contributed by atoms with Crippen molar-refractivity contribution in [1.82, 2.24) is 10.2 Å². The van der Waals surface area contributed by atoms with E-state index in [0.29, 0.717) is 25.2 Å². The van der Waals surface area contributed by atoms with Crippen LogP contribution in [0.25, 0.3) is 0 Å². The molecular formula is C25H35N3O4S. The number of hydrogen-bond acceptors (Lipinski definition) is 4. The van der Waals surface area contributed by atoms with E-state index in [1.165, 1.54) is 4.90 Å². The molecule has 0 aliphatic rings. The molecule has 1 N–H and O–H groups in total. The van der Waals surface area contributed by atoms with Gasteiger partial charge in [-0.05, 0) is 56.4 Å². The lowest BCUT2D eigenvalue weighted by molar-refractivity contribution is -0.138. The first-order valence-electron chi connectivity index (χ1n) is 11.2. The number of carbonyl (C=O) groups excluding carboxylic acids is 2. The second-order valence-corrected chi connectivity index (χ2v) is 10.2. The standard InChI is InChI=1S/C25H35N3O4S/c1-6-16-26-25(30)21(4)27(17-15-22-12-8-7-9-13-22)24(29)18-28(33(5,31)32)23-14-10-11-19(2)20(23)3/h7-14,21H,6,15-18H2,1-5H3,(H,26,30)/t21-/m0/s1. The molecule has 8 heteroatoms. The van der Waals surface area contributed by atoms with Crippen LogP contribution in [0.15, 0.2) is 48.5 Å². The molecule has 0 heterocycles. The fraction of sp³-hybridized carbons (Fsp3) is 0.440. The second-order valence-electron chi connectivity index (χ2n) is 8.28. The maximum absolute atomic E-state index is 13.5. The number of hydrogen-bond donors (Lipinski definition) is 1. The minimum Gasteiger partial charge on any atom is -0.354 e. The fourth-order valence-electron chi connectivity index (χ4n) is 3.57. The zero-order valence-corrected chi connectivity index (χ0v) is 21.0. The van der Waals surface area contributed by atoms with Crippen molar-refractivity contribution in [2.24, 2.45) is 0 Å². The van der Waals surface area contributed by atoms with Gasteiger partial charge in [0.25, 0.3) is 0 Å². The maximum Gasteiger partial charge on any atom is 0.244 e. The summed E-state index contributed by atoms with van der Waals surface area (Å²) in [5.74, 6) is -0.674. The van der Waals surface area contributed by atoms with Gasteiger partial charge in [-0.2, -0.15) is 0 Å².